The number of rotatable bonds is 5. The third-order valence-electron chi connectivity index (χ3n) is 2.43. The number of aliphatic hydroxyl groups is 1. The van der Waals surface area contributed by atoms with E-state index in [1.165, 1.54) is 0 Å². The molecule has 1 saturated heterocycles. The minimum Gasteiger partial charge on any atom is -0.391 e. The van der Waals surface area contributed by atoms with E-state index in [-0.39, 0.29) is 12.0 Å². The zero-order valence-electron chi connectivity index (χ0n) is 9.61. The van der Waals surface area contributed by atoms with Crippen molar-refractivity contribution < 1.29 is 14.6 Å². The highest BCUT2D eigenvalue weighted by atomic mass is 16.5. The van der Waals surface area contributed by atoms with E-state index < -0.39 is 0 Å². The SMILES string of the molecule is CC(C)COCCC(=O)N1CC[C@@H](O)C1. The van der Waals surface area contributed by atoms with Gasteiger partial charge < -0.3 is 14.7 Å². The van der Waals surface area contributed by atoms with Crippen molar-refractivity contribution in [3.8, 4) is 0 Å². The molecule has 1 N–H and O–H groups in total. The Balaban J connectivity index is 2.08. The molecule has 15 heavy (non-hydrogen) atoms. The van der Waals surface area contributed by atoms with Gasteiger partial charge in [-0.15, -0.1) is 0 Å². The van der Waals surface area contributed by atoms with E-state index >= 15 is 0 Å². The van der Waals surface area contributed by atoms with Crippen molar-refractivity contribution in [1.29, 1.82) is 0 Å². The lowest BCUT2D eigenvalue weighted by Crippen LogP contribution is -2.30. The summed E-state index contributed by atoms with van der Waals surface area (Å²) < 4.78 is 5.34. The molecule has 0 aromatic carbocycles. The molecule has 1 heterocycles. The third kappa shape index (κ3) is 4.62. The number of likely N-dealkylation sites (tertiary alicyclic amines) is 1. The van der Waals surface area contributed by atoms with Crippen LogP contribution < -0.4 is 0 Å². The van der Waals surface area contributed by atoms with Gasteiger partial charge in [-0.3, -0.25) is 4.79 Å². The minimum atomic E-state index is -0.328. The third-order valence-corrected chi connectivity index (χ3v) is 2.43. The number of hydrogen-bond donors (Lipinski definition) is 1. The smallest absolute Gasteiger partial charge is 0.224 e. The molecule has 1 fully saturated rings. The maximum atomic E-state index is 11.6. The summed E-state index contributed by atoms with van der Waals surface area (Å²) in [5.74, 6) is 0.601. The Morgan fingerprint density at radius 1 is 1.60 bits per heavy atom. The molecule has 0 aliphatic carbocycles. The van der Waals surface area contributed by atoms with Gasteiger partial charge in [-0.2, -0.15) is 0 Å². The van der Waals surface area contributed by atoms with E-state index in [0.29, 0.717) is 45.1 Å². The molecule has 0 aromatic rings. The van der Waals surface area contributed by atoms with Gasteiger partial charge in [0, 0.05) is 19.7 Å². The fraction of sp³-hybridized carbons (Fsp3) is 0.909. The second kappa shape index (κ2) is 6.08. The van der Waals surface area contributed by atoms with E-state index in [9.17, 15) is 9.90 Å². The summed E-state index contributed by atoms with van der Waals surface area (Å²) in [5.41, 5.74) is 0. The number of carbonyl (C=O) groups excluding carboxylic acids is 1. The van der Waals surface area contributed by atoms with Crippen LogP contribution in [-0.2, 0) is 9.53 Å². The Morgan fingerprint density at radius 3 is 2.87 bits per heavy atom. The topological polar surface area (TPSA) is 49.8 Å². The maximum absolute atomic E-state index is 11.6. The van der Waals surface area contributed by atoms with Gasteiger partial charge in [-0.05, 0) is 12.3 Å². The van der Waals surface area contributed by atoms with Crippen LogP contribution in [0, 0.1) is 5.92 Å². The highest BCUT2D eigenvalue weighted by molar-refractivity contribution is 5.76. The monoisotopic (exact) mass is 215 g/mol. The highest BCUT2D eigenvalue weighted by Gasteiger charge is 2.23. The Bertz CT molecular complexity index is 206. The number of ether oxygens (including phenoxy) is 1. The Kier molecular flexibility index (Phi) is 5.05. The first-order valence-electron chi connectivity index (χ1n) is 5.63. The van der Waals surface area contributed by atoms with Gasteiger partial charge in [0.1, 0.15) is 0 Å². The van der Waals surface area contributed by atoms with Crippen LogP contribution in [0.1, 0.15) is 26.7 Å². The molecule has 1 amide bonds. The number of amides is 1. The molecular weight excluding hydrogens is 194 g/mol. The van der Waals surface area contributed by atoms with Crippen LogP contribution in [-0.4, -0.2) is 48.3 Å². The lowest BCUT2D eigenvalue weighted by Gasteiger charge is -2.15. The van der Waals surface area contributed by atoms with Gasteiger partial charge in [0.05, 0.1) is 19.1 Å². The van der Waals surface area contributed by atoms with E-state index in [4.69, 9.17) is 4.74 Å². The van der Waals surface area contributed by atoms with Crippen molar-refractivity contribution in [2.75, 3.05) is 26.3 Å². The molecule has 0 aromatic heterocycles. The molecule has 0 radical (unpaired) electrons. The molecule has 0 bridgehead atoms. The number of nitrogens with zero attached hydrogens (tertiary/aromatic N) is 1. The summed E-state index contributed by atoms with van der Waals surface area (Å²) in [7, 11) is 0. The van der Waals surface area contributed by atoms with Gasteiger partial charge in [-0.1, -0.05) is 13.8 Å². The van der Waals surface area contributed by atoms with E-state index in [0.717, 1.165) is 0 Å². The first kappa shape index (κ1) is 12.5. The van der Waals surface area contributed by atoms with E-state index in [2.05, 4.69) is 13.8 Å². The average molecular weight is 215 g/mol. The Morgan fingerprint density at radius 2 is 2.33 bits per heavy atom. The molecule has 4 heteroatoms. The fourth-order valence-corrected chi connectivity index (χ4v) is 1.60. The van der Waals surface area contributed by atoms with Gasteiger partial charge in [0.2, 0.25) is 5.91 Å². The van der Waals surface area contributed by atoms with Crippen LogP contribution in [0.5, 0.6) is 0 Å². The van der Waals surface area contributed by atoms with Crippen molar-refractivity contribution in [2.24, 2.45) is 5.92 Å². The summed E-state index contributed by atoms with van der Waals surface area (Å²) >= 11 is 0. The standard InChI is InChI=1S/C11H21NO3/c1-9(2)8-15-6-4-11(14)12-5-3-10(13)7-12/h9-10,13H,3-8H2,1-2H3/t10-/m1/s1. The summed E-state index contributed by atoms with van der Waals surface area (Å²) in [6.07, 6.45) is 0.809. The van der Waals surface area contributed by atoms with Crippen LogP contribution in [0.25, 0.3) is 0 Å². The molecule has 1 atom stereocenters. The molecular formula is C11H21NO3. The van der Waals surface area contributed by atoms with Crippen molar-refractivity contribution >= 4 is 5.91 Å². The zero-order valence-corrected chi connectivity index (χ0v) is 9.61. The van der Waals surface area contributed by atoms with Gasteiger partial charge >= 0.3 is 0 Å². The van der Waals surface area contributed by atoms with Crippen molar-refractivity contribution in [3.63, 3.8) is 0 Å². The Labute approximate surface area is 91.2 Å². The number of β-amino-alcohol motifs (C(OH)–C–C–N with tert-alkyl or cyclic N) is 1. The van der Waals surface area contributed by atoms with Crippen LogP contribution in [0.3, 0.4) is 0 Å². The molecule has 0 spiro atoms. The van der Waals surface area contributed by atoms with E-state index in [1.807, 2.05) is 0 Å². The lowest BCUT2D eigenvalue weighted by molar-refractivity contribution is -0.131. The molecule has 1 aliphatic rings. The normalized spacial score (nSPS) is 21.3. The quantitative estimate of drug-likeness (QED) is 0.685. The average Bonchev–Trinajstić information content (AvgIpc) is 2.59. The molecule has 1 rings (SSSR count). The molecule has 1 aliphatic heterocycles. The zero-order chi connectivity index (χ0) is 11.3. The van der Waals surface area contributed by atoms with Gasteiger partial charge in [0.15, 0.2) is 0 Å². The number of carbonyl (C=O) groups is 1. The summed E-state index contributed by atoms with van der Waals surface area (Å²) in [4.78, 5) is 13.3. The summed E-state index contributed by atoms with van der Waals surface area (Å²) in [6.45, 7) is 6.53. The predicted molar refractivity (Wildman–Crippen MR) is 57.5 cm³/mol. The first-order valence-corrected chi connectivity index (χ1v) is 5.63. The number of aliphatic hydroxyl groups excluding tert-OH is 1. The second-order valence-corrected chi connectivity index (χ2v) is 4.50. The highest BCUT2D eigenvalue weighted by Crippen LogP contribution is 2.10. The number of hydrogen-bond acceptors (Lipinski definition) is 3. The Hall–Kier alpha value is -0.610. The fourth-order valence-electron chi connectivity index (χ4n) is 1.60. The second-order valence-electron chi connectivity index (χ2n) is 4.50. The van der Waals surface area contributed by atoms with Crippen molar-refractivity contribution in [2.45, 2.75) is 32.8 Å². The van der Waals surface area contributed by atoms with Crippen LogP contribution in [0.2, 0.25) is 0 Å². The van der Waals surface area contributed by atoms with Gasteiger partial charge in [0.25, 0.3) is 0 Å². The predicted octanol–water partition coefficient (Wildman–Crippen LogP) is 0.642. The molecule has 4 nitrogen and oxygen atoms in total. The van der Waals surface area contributed by atoms with Gasteiger partial charge in [-0.25, -0.2) is 0 Å². The van der Waals surface area contributed by atoms with Crippen LogP contribution in [0.15, 0.2) is 0 Å². The largest absolute Gasteiger partial charge is 0.391 e. The molecule has 0 unspecified atom stereocenters. The molecule has 0 saturated carbocycles. The summed E-state index contributed by atoms with van der Waals surface area (Å²) in [6, 6.07) is 0. The van der Waals surface area contributed by atoms with Crippen LogP contribution >= 0.6 is 0 Å². The lowest BCUT2D eigenvalue weighted by atomic mass is 10.2. The van der Waals surface area contributed by atoms with Crippen LogP contribution in [0.4, 0.5) is 0 Å². The van der Waals surface area contributed by atoms with E-state index in [1.54, 1.807) is 4.90 Å². The van der Waals surface area contributed by atoms with Crippen molar-refractivity contribution in [3.05, 3.63) is 0 Å². The first-order chi connectivity index (χ1) is 7.09. The maximum Gasteiger partial charge on any atom is 0.224 e. The molecule has 88 valence electrons. The summed E-state index contributed by atoms with van der Waals surface area (Å²) in [5, 5.41) is 9.27. The van der Waals surface area contributed by atoms with Crippen molar-refractivity contribution in [1.82, 2.24) is 4.90 Å². The minimum absolute atomic E-state index is 0.0929.